The molecule has 0 radical (unpaired) electrons. The molecule has 1 aromatic rings. The standard InChI is InChI=1S/C12H14F2O2/c1-2-3-11(15)12(16)7-8-6-9(13)4-5-10(8)14/h4-6,11,15H,2-3,7H2,1H3. The van der Waals surface area contributed by atoms with E-state index >= 15 is 0 Å². The molecule has 16 heavy (non-hydrogen) atoms. The van der Waals surface area contributed by atoms with Gasteiger partial charge in [-0.25, -0.2) is 8.78 Å². The van der Waals surface area contributed by atoms with Gasteiger partial charge in [-0.2, -0.15) is 0 Å². The highest BCUT2D eigenvalue weighted by molar-refractivity contribution is 5.84. The zero-order valence-corrected chi connectivity index (χ0v) is 9.04. The molecule has 0 saturated heterocycles. The Balaban J connectivity index is 2.72. The van der Waals surface area contributed by atoms with Crippen LogP contribution in [0.2, 0.25) is 0 Å². The largest absolute Gasteiger partial charge is 0.385 e. The van der Waals surface area contributed by atoms with E-state index in [2.05, 4.69) is 0 Å². The van der Waals surface area contributed by atoms with Crippen LogP contribution in [0.1, 0.15) is 25.3 Å². The molecule has 0 fully saturated rings. The molecule has 0 spiro atoms. The lowest BCUT2D eigenvalue weighted by Crippen LogP contribution is -2.22. The van der Waals surface area contributed by atoms with Crippen molar-refractivity contribution in [3.05, 3.63) is 35.4 Å². The van der Waals surface area contributed by atoms with Gasteiger partial charge < -0.3 is 5.11 Å². The molecule has 2 nitrogen and oxygen atoms in total. The number of rotatable bonds is 5. The average molecular weight is 228 g/mol. The molecule has 0 aliphatic carbocycles. The molecule has 4 heteroatoms. The van der Waals surface area contributed by atoms with E-state index in [9.17, 15) is 18.7 Å². The van der Waals surface area contributed by atoms with E-state index in [1.165, 1.54) is 0 Å². The molecule has 1 N–H and O–H groups in total. The molecule has 0 bridgehead atoms. The number of ketones is 1. The van der Waals surface area contributed by atoms with Crippen LogP contribution < -0.4 is 0 Å². The molecule has 1 rings (SSSR count). The van der Waals surface area contributed by atoms with Gasteiger partial charge in [-0.3, -0.25) is 4.79 Å². The van der Waals surface area contributed by atoms with Crippen molar-refractivity contribution in [2.45, 2.75) is 32.3 Å². The number of carbonyl (C=O) groups is 1. The Morgan fingerprint density at radius 1 is 1.44 bits per heavy atom. The monoisotopic (exact) mass is 228 g/mol. The summed E-state index contributed by atoms with van der Waals surface area (Å²) >= 11 is 0. The van der Waals surface area contributed by atoms with Gasteiger partial charge >= 0.3 is 0 Å². The van der Waals surface area contributed by atoms with Crippen molar-refractivity contribution in [3.8, 4) is 0 Å². The Bertz CT molecular complexity index is 377. The molecule has 0 saturated carbocycles. The highest BCUT2D eigenvalue weighted by Gasteiger charge is 2.16. The Hall–Kier alpha value is -1.29. The number of aliphatic hydroxyl groups excluding tert-OH is 1. The van der Waals surface area contributed by atoms with Crippen LogP contribution in [-0.2, 0) is 11.2 Å². The number of carbonyl (C=O) groups excluding carboxylic acids is 1. The van der Waals surface area contributed by atoms with E-state index in [1.54, 1.807) is 0 Å². The highest BCUT2D eigenvalue weighted by atomic mass is 19.1. The maximum atomic E-state index is 13.2. The third-order valence-electron chi connectivity index (χ3n) is 2.31. The van der Waals surface area contributed by atoms with Gasteiger partial charge in [-0.15, -0.1) is 0 Å². The highest BCUT2D eigenvalue weighted by Crippen LogP contribution is 2.12. The summed E-state index contributed by atoms with van der Waals surface area (Å²) in [5.41, 5.74) is -0.0137. The van der Waals surface area contributed by atoms with Gasteiger partial charge in [0, 0.05) is 6.42 Å². The van der Waals surface area contributed by atoms with Crippen molar-refractivity contribution in [1.29, 1.82) is 0 Å². The average Bonchev–Trinajstić information content (AvgIpc) is 2.23. The zero-order valence-electron chi connectivity index (χ0n) is 9.04. The van der Waals surface area contributed by atoms with Crippen molar-refractivity contribution in [3.63, 3.8) is 0 Å². The number of Topliss-reactive ketones (excluding diaryl/α,β-unsaturated/α-hetero) is 1. The molecule has 0 aliphatic rings. The summed E-state index contributed by atoms with van der Waals surface area (Å²) in [5.74, 6) is -1.70. The smallest absolute Gasteiger partial charge is 0.165 e. The van der Waals surface area contributed by atoms with Gasteiger partial charge in [0.2, 0.25) is 0 Å². The van der Waals surface area contributed by atoms with Crippen LogP contribution in [0.3, 0.4) is 0 Å². The molecular weight excluding hydrogens is 214 g/mol. The number of benzene rings is 1. The summed E-state index contributed by atoms with van der Waals surface area (Å²) in [5, 5.41) is 9.37. The fourth-order valence-electron chi connectivity index (χ4n) is 1.42. The molecule has 0 aromatic heterocycles. The third-order valence-corrected chi connectivity index (χ3v) is 2.31. The lowest BCUT2D eigenvalue weighted by molar-refractivity contribution is -0.126. The second kappa shape index (κ2) is 5.70. The van der Waals surface area contributed by atoms with Crippen molar-refractivity contribution in [1.82, 2.24) is 0 Å². The maximum Gasteiger partial charge on any atom is 0.165 e. The van der Waals surface area contributed by atoms with E-state index in [-0.39, 0.29) is 12.0 Å². The van der Waals surface area contributed by atoms with E-state index < -0.39 is 23.5 Å². The summed E-state index contributed by atoms with van der Waals surface area (Å²) in [7, 11) is 0. The van der Waals surface area contributed by atoms with Gasteiger partial charge in [-0.1, -0.05) is 13.3 Å². The fraction of sp³-hybridized carbons (Fsp3) is 0.417. The molecule has 1 unspecified atom stereocenters. The first-order valence-corrected chi connectivity index (χ1v) is 5.19. The Morgan fingerprint density at radius 3 is 2.75 bits per heavy atom. The first kappa shape index (κ1) is 12.8. The minimum absolute atomic E-state index is 0.0137. The number of hydrogen-bond acceptors (Lipinski definition) is 2. The van der Waals surface area contributed by atoms with Crippen LogP contribution in [-0.4, -0.2) is 17.0 Å². The topological polar surface area (TPSA) is 37.3 Å². The summed E-state index contributed by atoms with van der Waals surface area (Å²) in [6.45, 7) is 1.83. The van der Waals surface area contributed by atoms with E-state index in [0.29, 0.717) is 12.8 Å². The summed E-state index contributed by atoms with van der Waals surface area (Å²) in [4.78, 5) is 11.4. The predicted molar refractivity (Wildman–Crippen MR) is 56.0 cm³/mol. The maximum absolute atomic E-state index is 13.2. The zero-order chi connectivity index (χ0) is 12.1. The van der Waals surface area contributed by atoms with E-state index in [1.807, 2.05) is 6.92 Å². The number of aliphatic hydroxyl groups is 1. The minimum atomic E-state index is -1.09. The van der Waals surface area contributed by atoms with Gasteiger partial charge in [-0.05, 0) is 30.2 Å². The predicted octanol–water partition coefficient (Wildman–Crippen LogP) is 2.24. The van der Waals surface area contributed by atoms with Gasteiger partial charge in [0.1, 0.15) is 17.7 Å². The SMILES string of the molecule is CCCC(O)C(=O)Cc1cc(F)ccc1F. The lowest BCUT2D eigenvalue weighted by atomic mass is 10.0. The van der Waals surface area contributed by atoms with Crippen molar-refractivity contribution < 1.29 is 18.7 Å². The molecule has 0 amide bonds. The quantitative estimate of drug-likeness (QED) is 0.839. The third kappa shape index (κ3) is 3.38. The van der Waals surface area contributed by atoms with Crippen LogP contribution in [0.25, 0.3) is 0 Å². The molecule has 1 aromatic carbocycles. The van der Waals surface area contributed by atoms with Crippen molar-refractivity contribution in [2.75, 3.05) is 0 Å². The second-order valence-corrected chi connectivity index (χ2v) is 3.68. The number of hydrogen-bond donors (Lipinski definition) is 1. The van der Waals surface area contributed by atoms with Crippen molar-refractivity contribution in [2.24, 2.45) is 0 Å². The summed E-state index contributed by atoms with van der Waals surface area (Å²) < 4.78 is 26.0. The van der Waals surface area contributed by atoms with Gasteiger partial charge in [0.05, 0.1) is 0 Å². The first-order valence-electron chi connectivity index (χ1n) is 5.19. The van der Waals surface area contributed by atoms with Crippen LogP contribution >= 0.6 is 0 Å². The van der Waals surface area contributed by atoms with Crippen LogP contribution in [0, 0.1) is 11.6 Å². The van der Waals surface area contributed by atoms with Crippen LogP contribution in [0.5, 0.6) is 0 Å². The molecule has 1 atom stereocenters. The Kier molecular flexibility index (Phi) is 4.55. The second-order valence-electron chi connectivity index (χ2n) is 3.68. The van der Waals surface area contributed by atoms with E-state index in [4.69, 9.17) is 0 Å². The normalized spacial score (nSPS) is 12.5. The Labute approximate surface area is 92.9 Å². The molecule has 88 valence electrons. The lowest BCUT2D eigenvalue weighted by Gasteiger charge is -2.08. The number of halogens is 2. The fourth-order valence-corrected chi connectivity index (χ4v) is 1.42. The van der Waals surface area contributed by atoms with Crippen LogP contribution in [0.4, 0.5) is 8.78 Å². The Morgan fingerprint density at radius 2 is 2.12 bits per heavy atom. The molecule has 0 aliphatic heterocycles. The van der Waals surface area contributed by atoms with Crippen molar-refractivity contribution >= 4 is 5.78 Å². The van der Waals surface area contributed by atoms with Crippen LogP contribution in [0.15, 0.2) is 18.2 Å². The minimum Gasteiger partial charge on any atom is -0.385 e. The van der Waals surface area contributed by atoms with Gasteiger partial charge in [0.25, 0.3) is 0 Å². The van der Waals surface area contributed by atoms with Gasteiger partial charge in [0.15, 0.2) is 5.78 Å². The first-order chi connectivity index (χ1) is 7.54. The summed E-state index contributed by atoms with van der Waals surface area (Å²) in [6, 6.07) is 2.95. The molecular formula is C12H14F2O2. The summed E-state index contributed by atoms with van der Waals surface area (Å²) in [6.07, 6.45) is -0.355. The molecule has 0 heterocycles. The van der Waals surface area contributed by atoms with E-state index in [0.717, 1.165) is 18.2 Å².